The maximum Gasteiger partial charge on any atom is 0.358 e. The molecule has 0 aromatic heterocycles. The highest BCUT2D eigenvalue weighted by Gasteiger charge is 2.15. The van der Waals surface area contributed by atoms with Crippen LogP contribution in [-0.2, 0) is 24.2 Å². The first-order valence-corrected chi connectivity index (χ1v) is 7.96. The molecular weight excluding hydrogens is 304 g/mol. The van der Waals surface area contributed by atoms with E-state index in [0.29, 0.717) is 32.2 Å². The normalized spacial score (nSPS) is 11.7. The molecule has 1 amide bonds. The number of hydrogen-bond donors (Lipinski definition) is 3. The summed E-state index contributed by atoms with van der Waals surface area (Å²) in [4.78, 5) is 41.6. The zero-order valence-corrected chi connectivity index (χ0v) is 13.7. The Kier molecular flexibility index (Phi) is 12.9. The predicted molar refractivity (Wildman–Crippen MR) is 83.3 cm³/mol. The van der Waals surface area contributed by atoms with Crippen LogP contribution >= 0.6 is 0 Å². The Morgan fingerprint density at radius 2 is 1.70 bits per heavy atom. The van der Waals surface area contributed by atoms with Gasteiger partial charge in [-0.25, -0.2) is 4.79 Å². The monoisotopic (exact) mass is 332 g/mol. The summed E-state index contributed by atoms with van der Waals surface area (Å²) in [5.41, 5.74) is 5.59. The molecule has 0 spiro atoms. The molecule has 0 aliphatic carbocycles. The minimum Gasteiger partial charge on any atom is -0.481 e. The van der Waals surface area contributed by atoms with Gasteiger partial charge in [0, 0.05) is 19.4 Å². The zero-order valence-electron chi connectivity index (χ0n) is 13.7. The number of nitrogens with one attached hydrogen (secondary N) is 1. The third-order valence-corrected chi connectivity index (χ3v) is 3.28. The largest absolute Gasteiger partial charge is 0.481 e. The van der Waals surface area contributed by atoms with Gasteiger partial charge in [-0.1, -0.05) is 12.8 Å². The van der Waals surface area contributed by atoms with Crippen LogP contribution in [0.4, 0.5) is 0 Å². The van der Waals surface area contributed by atoms with Crippen LogP contribution in [0.5, 0.6) is 0 Å². The number of amides is 1. The van der Waals surface area contributed by atoms with Gasteiger partial charge in [-0.2, -0.15) is 4.89 Å². The minimum atomic E-state index is -0.780. The molecule has 1 unspecified atom stereocenters. The summed E-state index contributed by atoms with van der Waals surface area (Å²) in [6.07, 6.45) is 5.66. The number of carbonyl (C=O) groups excluding carboxylic acids is 2. The first-order valence-electron chi connectivity index (χ1n) is 7.96. The third kappa shape index (κ3) is 13.7. The molecule has 1 atom stereocenters. The number of unbranched alkanes of at least 4 members (excludes halogenated alkanes) is 4. The summed E-state index contributed by atoms with van der Waals surface area (Å²) >= 11 is 0. The van der Waals surface area contributed by atoms with Gasteiger partial charge in [0.2, 0.25) is 5.91 Å². The average molecular weight is 332 g/mol. The molecule has 8 nitrogen and oxygen atoms in total. The van der Waals surface area contributed by atoms with Crippen molar-refractivity contribution in [1.29, 1.82) is 0 Å². The Balaban J connectivity index is 3.43. The maximum atomic E-state index is 11.6. The average Bonchev–Trinajstić information content (AvgIpc) is 2.50. The van der Waals surface area contributed by atoms with Crippen LogP contribution in [0.3, 0.4) is 0 Å². The molecule has 4 N–H and O–H groups in total. The van der Waals surface area contributed by atoms with E-state index in [1.54, 1.807) is 0 Å². The van der Waals surface area contributed by atoms with Crippen LogP contribution in [0.25, 0.3) is 0 Å². The summed E-state index contributed by atoms with van der Waals surface area (Å²) in [5.74, 6) is -1.39. The summed E-state index contributed by atoms with van der Waals surface area (Å²) in [6.45, 7) is 0.546. The van der Waals surface area contributed by atoms with Gasteiger partial charge in [0.25, 0.3) is 0 Å². The van der Waals surface area contributed by atoms with Crippen molar-refractivity contribution in [3.05, 3.63) is 0 Å². The lowest BCUT2D eigenvalue weighted by molar-refractivity contribution is -0.256. The molecule has 0 heterocycles. The van der Waals surface area contributed by atoms with E-state index in [4.69, 9.17) is 10.8 Å². The zero-order chi connectivity index (χ0) is 17.5. The van der Waals surface area contributed by atoms with Crippen molar-refractivity contribution in [2.75, 3.05) is 13.7 Å². The van der Waals surface area contributed by atoms with Crippen molar-refractivity contribution in [3.8, 4) is 0 Å². The second-order valence-electron chi connectivity index (χ2n) is 5.33. The molecule has 0 radical (unpaired) electrons. The van der Waals surface area contributed by atoms with Gasteiger partial charge in [-0.3, -0.25) is 14.5 Å². The van der Waals surface area contributed by atoms with E-state index in [1.807, 2.05) is 0 Å². The molecular formula is C15H28N2O6. The molecule has 8 heteroatoms. The van der Waals surface area contributed by atoms with Crippen LogP contribution in [0.1, 0.15) is 57.8 Å². The summed E-state index contributed by atoms with van der Waals surface area (Å²) in [5, 5.41) is 11.3. The fourth-order valence-corrected chi connectivity index (χ4v) is 1.98. The van der Waals surface area contributed by atoms with E-state index in [9.17, 15) is 14.4 Å². The molecule has 0 aliphatic rings. The highest BCUT2D eigenvalue weighted by atomic mass is 17.2. The highest BCUT2D eigenvalue weighted by molar-refractivity contribution is 5.75. The molecule has 0 fully saturated rings. The van der Waals surface area contributed by atoms with Crippen molar-refractivity contribution in [2.24, 2.45) is 5.73 Å². The fourth-order valence-electron chi connectivity index (χ4n) is 1.98. The topological polar surface area (TPSA) is 128 Å². The van der Waals surface area contributed by atoms with Crippen molar-refractivity contribution >= 4 is 17.8 Å². The van der Waals surface area contributed by atoms with Gasteiger partial charge in [0.1, 0.15) is 6.04 Å². The van der Waals surface area contributed by atoms with Crippen LogP contribution in [0.15, 0.2) is 0 Å². The van der Waals surface area contributed by atoms with E-state index in [0.717, 1.165) is 25.7 Å². The molecule has 0 bridgehead atoms. The second-order valence-corrected chi connectivity index (χ2v) is 5.33. The van der Waals surface area contributed by atoms with Gasteiger partial charge in [0.15, 0.2) is 0 Å². The first-order chi connectivity index (χ1) is 11.0. The van der Waals surface area contributed by atoms with Crippen molar-refractivity contribution in [2.45, 2.75) is 63.8 Å². The fraction of sp³-hybridized carbons (Fsp3) is 0.800. The van der Waals surface area contributed by atoms with Gasteiger partial charge in [-0.05, 0) is 32.1 Å². The molecule has 23 heavy (non-hydrogen) atoms. The minimum absolute atomic E-state index is 0.00803. The second kappa shape index (κ2) is 14.0. The number of carboxylic acids is 1. The van der Waals surface area contributed by atoms with E-state index in [-0.39, 0.29) is 12.3 Å². The van der Waals surface area contributed by atoms with Crippen LogP contribution in [0, 0.1) is 0 Å². The van der Waals surface area contributed by atoms with E-state index >= 15 is 0 Å². The van der Waals surface area contributed by atoms with Crippen LogP contribution in [-0.4, -0.2) is 42.6 Å². The van der Waals surface area contributed by atoms with Crippen molar-refractivity contribution in [3.63, 3.8) is 0 Å². The lowest BCUT2D eigenvalue weighted by Crippen LogP contribution is -2.32. The summed E-state index contributed by atoms with van der Waals surface area (Å²) in [7, 11) is 1.24. The SMILES string of the molecule is COOC(=O)C(N)CCCCNC(=O)CCCCCCC(=O)O. The Morgan fingerprint density at radius 1 is 1.04 bits per heavy atom. The van der Waals surface area contributed by atoms with E-state index < -0.39 is 18.0 Å². The number of carboxylic acid groups (broad SMARTS) is 1. The van der Waals surface area contributed by atoms with Crippen LogP contribution in [0.2, 0.25) is 0 Å². The highest BCUT2D eigenvalue weighted by Crippen LogP contribution is 2.05. The number of nitrogens with two attached hydrogens (primary N) is 1. The molecule has 0 aromatic rings. The smallest absolute Gasteiger partial charge is 0.358 e. The standard InChI is InChI=1S/C15H28N2O6/c1-22-23-15(21)12(16)8-6-7-11-17-13(18)9-4-2-3-5-10-14(19)20/h12H,2-11,16H2,1H3,(H,17,18)(H,19,20). The first kappa shape index (κ1) is 21.3. The Bertz CT molecular complexity index is 362. The van der Waals surface area contributed by atoms with Crippen LogP contribution < -0.4 is 11.1 Å². The Morgan fingerprint density at radius 3 is 2.30 bits per heavy atom. The molecule has 0 rings (SSSR count). The van der Waals surface area contributed by atoms with Gasteiger partial charge < -0.3 is 16.2 Å². The van der Waals surface area contributed by atoms with E-state index in [1.165, 1.54) is 7.11 Å². The number of carbonyl (C=O) groups is 3. The Hall–Kier alpha value is -1.67. The number of rotatable bonds is 14. The molecule has 0 aromatic carbocycles. The van der Waals surface area contributed by atoms with Crippen molar-refractivity contribution < 1.29 is 29.3 Å². The lowest BCUT2D eigenvalue weighted by Gasteiger charge is -2.09. The van der Waals surface area contributed by atoms with E-state index in [2.05, 4.69) is 15.1 Å². The molecule has 0 saturated heterocycles. The van der Waals surface area contributed by atoms with Gasteiger partial charge in [-0.15, -0.1) is 0 Å². The third-order valence-electron chi connectivity index (χ3n) is 3.28. The molecule has 0 aliphatic heterocycles. The Labute approximate surface area is 136 Å². The van der Waals surface area contributed by atoms with Gasteiger partial charge >= 0.3 is 11.9 Å². The van der Waals surface area contributed by atoms with Crippen molar-refractivity contribution in [1.82, 2.24) is 5.32 Å². The summed E-state index contributed by atoms with van der Waals surface area (Å²) < 4.78 is 0. The number of aliphatic carboxylic acids is 1. The summed E-state index contributed by atoms with van der Waals surface area (Å²) in [6, 6.07) is -0.712. The maximum absolute atomic E-state index is 11.6. The van der Waals surface area contributed by atoms with Gasteiger partial charge in [0.05, 0.1) is 7.11 Å². The quantitative estimate of drug-likeness (QED) is 0.247. The molecule has 134 valence electrons. The number of hydrogen-bond acceptors (Lipinski definition) is 6. The predicted octanol–water partition coefficient (Wildman–Crippen LogP) is 1.13. The lowest BCUT2D eigenvalue weighted by atomic mass is 10.1. The molecule has 0 saturated carbocycles.